The Bertz CT molecular complexity index is 466. The van der Waals surface area contributed by atoms with E-state index >= 15 is 0 Å². The number of hydrogen-bond acceptors (Lipinski definition) is 5. The quantitative estimate of drug-likeness (QED) is 0.795. The summed E-state index contributed by atoms with van der Waals surface area (Å²) in [5.41, 5.74) is 8.16. The highest BCUT2D eigenvalue weighted by molar-refractivity contribution is 5.93. The highest BCUT2D eigenvalue weighted by Crippen LogP contribution is 2.34. The third kappa shape index (κ3) is 2.56. The minimum absolute atomic E-state index is 0.291. The number of carbonyl (C=O) groups is 1. The number of nitrogens with zero attached hydrogens (tertiary/aromatic N) is 1. The van der Waals surface area contributed by atoms with Crippen LogP contribution in [0.3, 0.4) is 0 Å². The van der Waals surface area contributed by atoms with Crippen LogP contribution in [0, 0.1) is 6.67 Å². The number of nitrogens with one attached hydrogen (secondary N) is 1. The van der Waals surface area contributed by atoms with Gasteiger partial charge in [-0.3, -0.25) is 0 Å². The first kappa shape index (κ1) is 12.7. The molecule has 1 radical (unpaired) electrons. The van der Waals surface area contributed by atoms with Gasteiger partial charge < -0.3 is 20.7 Å². The zero-order valence-corrected chi connectivity index (χ0v) is 10.9. The lowest BCUT2D eigenvalue weighted by Crippen LogP contribution is -2.44. The normalized spacial score (nSPS) is 14.1. The second kappa shape index (κ2) is 4.49. The van der Waals surface area contributed by atoms with E-state index in [9.17, 15) is 4.79 Å². The summed E-state index contributed by atoms with van der Waals surface area (Å²) in [4.78, 5) is 13.5. The van der Waals surface area contributed by atoms with Crippen molar-refractivity contribution in [2.45, 2.75) is 19.4 Å². The van der Waals surface area contributed by atoms with E-state index in [1.807, 2.05) is 31.5 Å². The smallest absolute Gasteiger partial charge is 0.337 e. The number of hydrogen-bond donors (Lipinski definition) is 2. The number of anilines is 2. The molecule has 0 spiro atoms. The number of rotatable bonds is 3. The molecule has 0 atom stereocenters. The third-order valence-corrected chi connectivity index (χ3v) is 2.68. The maximum Gasteiger partial charge on any atom is 0.337 e. The largest absolute Gasteiger partial charge is 0.465 e. The highest BCUT2D eigenvalue weighted by atomic mass is 16.5. The Kier molecular flexibility index (Phi) is 3.17. The van der Waals surface area contributed by atoms with Crippen molar-refractivity contribution < 1.29 is 9.53 Å². The van der Waals surface area contributed by atoms with Gasteiger partial charge in [0, 0.05) is 12.1 Å². The van der Waals surface area contributed by atoms with E-state index in [4.69, 9.17) is 10.5 Å². The van der Waals surface area contributed by atoms with Gasteiger partial charge in [0.25, 0.3) is 0 Å². The van der Waals surface area contributed by atoms with E-state index in [-0.39, 0.29) is 11.5 Å². The number of carbonyl (C=O) groups excluding carboxylic acids is 1. The minimum Gasteiger partial charge on any atom is -0.465 e. The van der Waals surface area contributed by atoms with Crippen LogP contribution in [-0.4, -0.2) is 25.2 Å². The van der Waals surface area contributed by atoms with Crippen LogP contribution < -0.4 is 16.0 Å². The predicted molar refractivity (Wildman–Crippen MR) is 71.3 cm³/mol. The average molecular weight is 248 g/mol. The molecule has 1 aliphatic heterocycles. The van der Waals surface area contributed by atoms with Gasteiger partial charge in [-0.15, -0.1) is 0 Å². The first-order valence-corrected chi connectivity index (χ1v) is 5.78. The predicted octanol–water partition coefficient (Wildman–Crippen LogP) is 1.56. The fourth-order valence-electron chi connectivity index (χ4n) is 1.93. The highest BCUT2D eigenvalue weighted by Gasteiger charge is 2.25. The summed E-state index contributed by atoms with van der Waals surface area (Å²) in [6.07, 6.45) is 0. The molecular weight excluding hydrogens is 230 g/mol. The van der Waals surface area contributed by atoms with E-state index < -0.39 is 0 Å². The molecule has 1 aliphatic rings. The summed E-state index contributed by atoms with van der Waals surface area (Å²) in [6, 6.07) is 5.42. The summed E-state index contributed by atoms with van der Waals surface area (Å²) in [7, 11) is 1.37. The fourth-order valence-corrected chi connectivity index (χ4v) is 1.93. The molecule has 1 aromatic carbocycles. The summed E-state index contributed by atoms with van der Waals surface area (Å²) in [5.74, 6) is -0.336. The number of ether oxygens (including phenoxy) is 1. The van der Waals surface area contributed by atoms with Gasteiger partial charge in [0.15, 0.2) is 0 Å². The zero-order chi connectivity index (χ0) is 13.3. The Balaban J connectivity index is 2.23. The van der Waals surface area contributed by atoms with Gasteiger partial charge in [0.1, 0.15) is 6.67 Å². The van der Waals surface area contributed by atoms with Crippen LogP contribution >= 0.6 is 0 Å². The zero-order valence-electron chi connectivity index (χ0n) is 10.9. The second-order valence-electron chi connectivity index (χ2n) is 5.11. The van der Waals surface area contributed by atoms with Gasteiger partial charge in [-0.2, -0.15) is 0 Å². The molecule has 18 heavy (non-hydrogen) atoms. The van der Waals surface area contributed by atoms with Crippen molar-refractivity contribution in [3.05, 3.63) is 30.4 Å². The van der Waals surface area contributed by atoms with E-state index in [2.05, 4.69) is 5.32 Å². The molecule has 0 bridgehead atoms. The van der Waals surface area contributed by atoms with Crippen molar-refractivity contribution in [1.29, 1.82) is 0 Å². The average Bonchev–Trinajstić information content (AvgIpc) is 2.68. The maximum atomic E-state index is 11.4. The Labute approximate surface area is 107 Å². The van der Waals surface area contributed by atoms with E-state index in [1.165, 1.54) is 7.11 Å². The molecule has 5 heteroatoms. The van der Waals surface area contributed by atoms with Gasteiger partial charge in [0.05, 0.1) is 24.0 Å². The second-order valence-corrected chi connectivity index (χ2v) is 5.11. The van der Waals surface area contributed by atoms with Gasteiger partial charge in [-0.05, 0) is 32.0 Å². The number of nitrogens with two attached hydrogens (primary N) is 1. The SMILES string of the molecule is COC(=O)c1ccc2c(c1)N[CH]N2CC(C)(C)N. The summed E-state index contributed by atoms with van der Waals surface area (Å²) in [5, 5.41) is 3.13. The Morgan fingerprint density at radius 2 is 2.22 bits per heavy atom. The van der Waals surface area contributed by atoms with Crippen molar-refractivity contribution in [2.24, 2.45) is 5.73 Å². The molecule has 0 amide bonds. The molecule has 1 aromatic rings. The van der Waals surface area contributed by atoms with Gasteiger partial charge in [-0.1, -0.05) is 0 Å². The Hall–Kier alpha value is -1.75. The van der Waals surface area contributed by atoms with Crippen LogP contribution in [-0.2, 0) is 4.74 Å². The number of methoxy groups -OCH3 is 1. The molecule has 0 saturated carbocycles. The number of esters is 1. The summed E-state index contributed by atoms with van der Waals surface area (Å²) < 4.78 is 4.69. The summed E-state index contributed by atoms with van der Waals surface area (Å²) >= 11 is 0. The minimum atomic E-state index is -0.336. The Morgan fingerprint density at radius 3 is 2.83 bits per heavy atom. The van der Waals surface area contributed by atoms with E-state index in [0.29, 0.717) is 12.1 Å². The molecular formula is C13H18N3O2. The lowest BCUT2D eigenvalue weighted by atomic mass is 10.1. The molecule has 0 aliphatic carbocycles. The van der Waals surface area contributed by atoms with Gasteiger partial charge in [0.2, 0.25) is 0 Å². The third-order valence-electron chi connectivity index (χ3n) is 2.68. The lowest BCUT2D eigenvalue weighted by molar-refractivity contribution is 0.0601. The standard InChI is InChI=1S/C13H18N3O2/c1-13(2,14)7-16-8-15-10-6-9(12(17)18-3)4-5-11(10)16/h4-6,8,15H,7,14H2,1-3H3. The van der Waals surface area contributed by atoms with Crippen LogP contribution in [0.2, 0.25) is 0 Å². The van der Waals surface area contributed by atoms with Crippen molar-refractivity contribution >= 4 is 17.3 Å². The van der Waals surface area contributed by atoms with Crippen molar-refractivity contribution in [3.8, 4) is 0 Å². The molecule has 1 heterocycles. The van der Waals surface area contributed by atoms with Crippen molar-refractivity contribution in [1.82, 2.24) is 0 Å². The lowest BCUT2D eigenvalue weighted by Gasteiger charge is -2.27. The van der Waals surface area contributed by atoms with Crippen molar-refractivity contribution in [3.63, 3.8) is 0 Å². The number of fused-ring (bicyclic) bond motifs is 1. The molecule has 0 unspecified atom stereocenters. The molecule has 97 valence electrons. The van der Waals surface area contributed by atoms with Crippen LogP contribution in [0.15, 0.2) is 18.2 Å². The monoisotopic (exact) mass is 248 g/mol. The van der Waals surface area contributed by atoms with Gasteiger partial charge in [-0.25, -0.2) is 4.79 Å². The van der Waals surface area contributed by atoms with Crippen LogP contribution in [0.4, 0.5) is 11.4 Å². The topological polar surface area (TPSA) is 67.6 Å². The van der Waals surface area contributed by atoms with Crippen molar-refractivity contribution in [2.75, 3.05) is 23.9 Å². The molecule has 0 saturated heterocycles. The Morgan fingerprint density at radius 1 is 1.50 bits per heavy atom. The summed E-state index contributed by atoms with van der Waals surface area (Å²) in [6.45, 7) is 6.51. The molecule has 0 aromatic heterocycles. The van der Waals surface area contributed by atoms with Crippen LogP contribution in [0.5, 0.6) is 0 Å². The van der Waals surface area contributed by atoms with Crippen LogP contribution in [0.1, 0.15) is 24.2 Å². The molecule has 3 N–H and O–H groups in total. The first-order chi connectivity index (χ1) is 8.40. The number of benzene rings is 1. The van der Waals surface area contributed by atoms with E-state index in [1.54, 1.807) is 12.1 Å². The molecule has 0 fully saturated rings. The van der Waals surface area contributed by atoms with E-state index in [0.717, 1.165) is 11.4 Å². The first-order valence-electron chi connectivity index (χ1n) is 5.78. The van der Waals surface area contributed by atoms with Gasteiger partial charge >= 0.3 is 5.97 Å². The molecule has 5 nitrogen and oxygen atoms in total. The molecule has 2 rings (SSSR count). The van der Waals surface area contributed by atoms with Crippen LogP contribution in [0.25, 0.3) is 0 Å². The fraction of sp³-hybridized carbons (Fsp3) is 0.385. The maximum absolute atomic E-state index is 11.4.